The minimum Gasteiger partial charge on any atom is -0.454 e. The van der Waals surface area contributed by atoms with Gasteiger partial charge in [0.05, 0.1) is 11.8 Å². The first kappa shape index (κ1) is 16.4. The lowest BCUT2D eigenvalue weighted by Crippen LogP contribution is -2.20. The number of fused-ring (bicyclic) bond motifs is 1. The highest BCUT2D eigenvalue weighted by Gasteiger charge is 2.48. The number of nitrogens with one attached hydrogen (secondary N) is 2. The number of ether oxygens (including phenoxy) is 2. The van der Waals surface area contributed by atoms with E-state index in [0.717, 1.165) is 12.1 Å². The molecule has 1 saturated carbocycles. The first-order valence-electron chi connectivity index (χ1n) is 8.74. The molecular formula is C20H20N2O4. The molecule has 134 valence electrons. The van der Waals surface area contributed by atoms with Gasteiger partial charge in [0.15, 0.2) is 11.5 Å². The summed E-state index contributed by atoms with van der Waals surface area (Å²) in [4.78, 5) is 24.7. The van der Waals surface area contributed by atoms with Crippen LogP contribution in [-0.2, 0) is 16.0 Å². The number of hydrogen-bond donors (Lipinski definition) is 2. The van der Waals surface area contributed by atoms with E-state index in [9.17, 15) is 9.59 Å². The predicted molar refractivity (Wildman–Crippen MR) is 97.2 cm³/mol. The van der Waals surface area contributed by atoms with Crippen LogP contribution in [0.1, 0.15) is 18.9 Å². The van der Waals surface area contributed by atoms with Gasteiger partial charge in [-0.05, 0) is 42.7 Å². The molecule has 0 saturated heterocycles. The number of hydrogen-bond acceptors (Lipinski definition) is 4. The summed E-state index contributed by atoms with van der Waals surface area (Å²) in [6.45, 7) is 2.28. The van der Waals surface area contributed by atoms with Crippen molar-refractivity contribution in [2.45, 2.75) is 19.8 Å². The molecule has 4 rings (SSSR count). The monoisotopic (exact) mass is 352 g/mol. The van der Waals surface area contributed by atoms with Crippen LogP contribution in [-0.4, -0.2) is 18.6 Å². The summed E-state index contributed by atoms with van der Waals surface area (Å²) in [7, 11) is 0. The molecule has 0 aromatic heterocycles. The fourth-order valence-corrected chi connectivity index (χ4v) is 3.04. The average Bonchev–Trinajstić information content (AvgIpc) is 3.33. The molecular weight excluding hydrogens is 332 g/mol. The number of carbonyl (C=O) groups excluding carboxylic acids is 2. The van der Waals surface area contributed by atoms with E-state index in [1.54, 1.807) is 18.2 Å². The van der Waals surface area contributed by atoms with Crippen molar-refractivity contribution in [3.63, 3.8) is 0 Å². The Kier molecular flexibility index (Phi) is 4.24. The summed E-state index contributed by atoms with van der Waals surface area (Å²) in [5.74, 6) is 0.444. The van der Waals surface area contributed by atoms with Crippen LogP contribution in [0, 0.1) is 11.8 Å². The van der Waals surface area contributed by atoms with E-state index in [1.807, 2.05) is 24.3 Å². The van der Waals surface area contributed by atoms with Crippen molar-refractivity contribution in [2.75, 3.05) is 17.4 Å². The maximum atomic E-state index is 12.4. The molecule has 0 spiro atoms. The molecule has 6 heteroatoms. The summed E-state index contributed by atoms with van der Waals surface area (Å²) in [5, 5.41) is 5.73. The number of amides is 2. The fraction of sp³-hybridized carbons (Fsp3) is 0.300. The van der Waals surface area contributed by atoms with Gasteiger partial charge in [-0.3, -0.25) is 9.59 Å². The third-order valence-electron chi connectivity index (χ3n) is 4.73. The Hall–Kier alpha value is -3.02. The fourth-order valence-electron chi connectivity index (χ4n) is 3.04. The van der Waals surface area contributed by atoms with Crippen LogP contribution in [0.15, 0.2) is 42.5 Å². The van der Waals surface area contributed by atoms with Gasteiger partial charge in [0.2, 0.25) is 18.6 Å². The molecule has 6 nitrogen and oxygen atoms in total. The van der Waals surface area contributed by atoms with Crippen LogP contribution in [0.5, 0.6) is 11.5 Å². The van der Waals surface area contributed by atoms with Gasteiger partial charge in [-0.2, -0.15) is 0 Å². The Morgan fingerprint density at radius 1 is 0.923 bits per heavy atom. The molecule has 2 atom stereocenters. The van der Waals surface area contributed by atoms with Crippen LogP contribution in [0.4, 0.5) is 11.4 Å². The lowest BCUT2D eigenvalue weighted by Gasteiger charge is -2.07. The third-order valence-corrected chi connectivity index (χ3v) is 4.73. The van der Waals surface area contributed by atoms with E-state index in [-0.39, 0.29) is 30.4 Å². The third kappa shape index (κ3) is 3.35. The predicted octanol–water partition coefficient (Wildman–Crippen LogP) is 3.19. The Morgan fingerprint density at radius 2 is 1.54 bits per heavy atom. The summed E-state index contributed by atoms with van der Waals surface area (Å²) < 4.78 is 10.6. The quantitative estimate of drug-likeness (QED) is 0.866. The van der Waals surface area contributed by atoms with Crippen molar-refractivity contribution >= 4 is 23.2 Å². The molecule has 2 unspecified atom stereocenters. The molecule has 2 amide bonds. The molecule has 26 heavy (non-hydrogen) atoms. The first-order valence-corrected chi connectivity index (χ1v) is 8.74. The second-order valence-corrected chi connectivity index (χ2v) is 6.55. The van der Waals surface area contributed by atoms with E-state index in [1.165, 1.54) is 5.56 Å². The zero-order valence-electron chi connectivity index (χ0n) is 14.5. The van der Waals surface area contributed by atoms with Crippen LogP contribution in [0.2, 0.25) is 0 Å². The summed E-state index contributed by atoms with van der Waals surface area (Å²) in [6.07, 6.45) is 1.52. The minimum atomic E-state index is -0.296. The molecule has 1 aliphatic carbocycles. The molecule has 0 bridgehead atoms. The van der Waals surface area contributed by atoms with Gasteiger partial charge in [-0.1, -0.05) is 19.1 Å². The van der Waals surface area contributed by atoms with Crippen LogP contribution in [0.25, 0.3) is 0 Å². The SMILES string of the molecule is CCc1ccc(NC(=O)C2CC2C(=O)Nc2ccc3c(c2)OCO3)cc1. The van der Waals surface area contributed by atoms with E-state index in [4.69, 9.17) is 9.47 Å². The van der Waals surface area contributed by atoms with E-state index in [2.05, 4.69) is 17.6 Å². The number of rotatable bonds is 5. The molecule has 2 aromatic carbocycles. The number of anilines is 2. The maximum absolute atomic E-state index is 12.4. The average molecular weight is 352 g/mol. The second kappa shape index (κ2) is 6.71. The number of aryl methyl sites for hydroxylation is 1. The highest BCUT2D eigenvalue weighted by Crippen LogP contribution is 2.41. The molecule has 0 radical (unpaired) electrons. The van der Waals surface area contributed by atoms with Crippen molar-refractivity contribution in [1.29, 1.82) is 0 Å². The lowest BCUT2D eigenvalue weighted by molar-refractivity contribution is -0.122. The topological polar surface area (TPSA) is 76.7 Å². The number of carbonyl (C=O) groups is 2. The lowest BCUT2D eigenvalue weighted by atomic mass is 10.1. The molecule has 1 aliphatic heterocycles. The Bertz CT molecular complexity index is 847. The largest absolute Gasteiger partial charge is 0.454 e. The highest BCUT2D eigenvalue weighted by molar-refractivity contribution is 6.03. The molecule has 1 heterocycles. The Balaban J connectivity index is 1.32. The summed E-state index contributed by atoms with van der Waals surface area (Å²) in [6, 6.07) is 13.0. The van der Waals surface area contributed by atoms with Gasteiger partial charge in [0.1, 0.15) is 0 Å². The minimum absolute atomic E-state index is 0.111. The van der Waals surface area contributed by atoms with Crippen molar-refractivity contribution in [2.24, 2.45) is 11.8 Å². The Morgan fingerprint density at radius 3 is 2.23 bits per heavy atom. The van der Waals surface area contributed by atoms with Gasteiger partial charge in [0.25, 0.3) is 0 Å². The van der Waals surface area contributed by atoms with Gasteiger partial charge < -0.3 is 20.1 Å². The Labute approximate surface area is 151 Å². The summed E-state index contributed by atoms with van der Waals surface area (Å²) in [5.41, 5.74) is 2.62. The van der Waals surface area contributed by atoms with Crippen LogP contribution >= 0.6 is 0 Å². The molecule has 1 fully saturated rings. The smallest absolute Gasteiger partial charge is 0.231 e. The highest BCUT2D eigenvalue weighted by atomic mass is 16.7. The van der Waals surface area contributed by atoms with E-state index < -0.39 is 0 Å². The normalized spacial score (nSPS) is 19.7. The zero-order chi connectivity index (χ0) is 18.1. The first-order chi connectivity index (χ1) is 12.6. The van der Waals surface area contributed by atoms with E-state index >= 15 is 0 Å². The van der Waals surface area contributed by atoms with Gasteiger partial charge in [-0.15, -0.1) is 0 Å². The van der Waals surface area contributed by atoms with Gasteiger partial charge >= 0.3 is 0 Å². The maximum Gasteiger partial charge on any atom is 0.231 e. The summed E-state index contributed by atoms with van der Waals surface area (Å²) >= 11 is 0. The number of benzene rings is 2. The van der Waals surface area contributed by atoms with Crippen LogP contribution in [0.3, 0.4) is 0 Å². The second-order valence-electron chi connectivity index (χ2n) is 6.55. The van der Waals surface area contributed by atoms with Crippen molar-refractivity contribution in [1.82, 2.24) is 0 Å². The molecule has 2 aliphatic rings. The van der Waals surface area contributed by atoms with Crippen molar-refractivity contribution in [3.8, 4) is 11.5 Å². The standard InChI is InChI=1S/C20H20N2O4/c1-2-12-3-5-13(6-4-12)21-19(23)15-10-16(15)20(24)22-14-7-8-17-18(9-14)26-11-25-17/h3-9,15-16H,2,10-11H2,1H3,(H,21,23)(H,22,24). The molecule has 2 aromatic rings. The van der Waals surface area contributed by atoms with Crippen molar-refractivity contribution < 1.29 is 19.1 Å². The van der Waals surface area contributed by atoms with Gasteiger partial charge in [-0.25, -0.2) is 0 Å². The van der Waals surface area contributed by atoms with Gasteiger partial charge in [0, 0.05) is 17.4 Å². The molecule has 2 N–H and O–H groups in total. The van der Waals surface area contributed by atoms with Crippen molar-refractivity contribution in [3.05, 3.63) is 48.0 Å². The van der Waals surface area contributed by atoms with E-state index in [0.29, 0.717) is 23.6 Å². The zero-order valence-corrected chi connectivity index (χ0v) is 14.5. The van der Waals surface area contributed by atoms with Crippen LogP contribution < -0.4 is 20.1 Å².